The minimum absolute atomic E-state index is 0.223. The molecule has 25 heavy (non-hydrogen) atoms. The van der Waals surface area contributed by atoms with Crippen molar-refractivity contribution < 1.29 is 9.59 Å². The first kappa shape index (κ1) is 16.4. The van der Waals surface area contributed by atoms with Gasteiger partial charge in [0.25, 0.3) is 5.91 Å². The molecule has 0 aliphatic rings. The van der Waals surface area contributed by atoms with E-state index in [0.717, 1.165) is 5.69 Å². The lowest BCUT2D eigenvalue weighted by atomic mass is 10.1. The van der Waals surface area contributed by atoms with Crippen molar-refractivity contribution >= 4 is 18.0 Å². The van der Waals surface area contributed by atoms with Gasteiger partial charge in [-0.3, -0.25) is 9.59 Å². The second kappa shape index (κ2) is 7.39. The lowest BCUT2D eigenvalue weighted by molar-refractivity contribution is -0.105. The SMILES string of the molecule is C[C@H](NC(=O)c1ccc(NC=O)cc1)c1cn(-c2ccccc2)nn1. The minimum Gasteiger partial charge on any atom is -0.344 e. The summed E-state index contributed by atoms with van der Waals surface area (Å²) in [5, 5.41) is 13.6. The number of nitrogens with one attached hydrogen (secondary N) is 2. The molecule has 0 spiro atoms. The maximum Gasteiger partial charge on any atom is 0.251 e. The number of anilines is 1. The number of para-hydroxylation sites is 1. The summed E-state index contributed by atoms with van der Waals surface area (Å²) in [4.78, 5) is 22.7. The Morgan fingerprint density at radius 1 is 1.12 bits per heavy atom. The minimum atomic E-state index is -0.294. The zero-order chi connectivity index (χ0) is 17.6. The van der Waals surface area contributed by atoms with Gasteiger partial charge in [-0.15, -0.1) is 5.10 Å². The molecule has 0 saturated heterocycles. The summed E-state index contributed by atoms with van der Waals surface area (Å²) in [5.41, 5.74) is 2.69. The summed E-state index contributed by atoms with van der Waals surface area (Å²) in [7, 11) is 0. The zero-order valence-electron chi connectivity index (χ0n) is 13.6. The van der Waals surface area contributed by atoms with Crippen LogP contribution in [0.15, 0.2) is 60.8 Å². The highest BCUT2D eigenvalue weighted by atomic mass is 16.1. The van der Waals surface area contributed by atoms with Crippen molar-refractivity contribution in [1.82, 2.24) is 20.3 Å². The first-order valence-electron chi connectivity index (χ1n) is 7.76. The van der Waals surface area contributed by atoms with Gasteiger partial charge in [0.15, 0.2) is 0 Å². The largest absolute Gasteiger partial charge is 0.344 e. The molecule has 0 fully saturated rings. The predicted molar refractivity (Wildman–Crippen MR) is 93.4 cm³/mol. The number of amides is 2. The fourth-order valence-corrected chi connectivity index (χ4v) is 2.32. The van der Waals surface area contributed by atoms with E-state index < -0.39 is 0 Å². The normalized spacial score (nSPS) is 11.6. The summed E-state index contributed by atoms with van der Waals surface area (Å²) in [6.45, 7) is 1.85. The molecule has 0 saturated carbocycles. The molecule has 126 valence electrons. The van der Waals surface area contributed by atoms with Crippen LogP contribution in [-0.2, 0) is 4.79 Å². The van der Waals surface area contributed by atoms with Crippen molar-refractivity contribution in [2.24, 2.45) is 0 Å². The van der Waals surface area contributed by atoms with Gasteiger partial charge in [-0.25, -0.2) is 4.68 Å². The zero-order valence-corrected chi connectivity index (χ0v) is 13.6. The average molecular weight is 335 g/mol. The molecule has 2 aromatic carbocycles. The molecule has 2 amide bonds. The van der Waals surface area contributed by atoms with Crippen LogP contribution in [0.25, 0.3) is 5.69 Å². The Bertz CT molecular complexity index is 859. The smallest absolute Gasteiger partial charge is 0.251 e. The fraction of sp³-hybridized carbons (Fsp3) is 0.111. The second-order valence-corrected chi connectivity index (χ2v) is 5.46. The molecule has 0 radical (unpaired) electrons. The van der Waals surface area contributed by atoms with Crippen LogP contribution in [0.1, 0.15) is 29.0 Å². The monoisotopic (exact) mass is 335 g/mol. The summed E-state index contributed by atoms with van der Waals surface area (Å²) in [6.07, 6.45) is 2.38. The summed E-state index contributed by atoms with van der Waals surface area (Å²) in [5.74, 6) is -0.223. The van der Waals surface area contributed by atoms with Gasteiger partial charge < -0.3 is 10.6 Å². The molecule has 0 unspecified atom stereocenters. The van der Waals surface area contributed by atoms with Gasteiger partial charge in [0.2, 0.25) is 6.41 Å². The Kier molecular flexibility index (Phi) is 4.84. The van der Waals surface area contributed by atoms with Crippen molar-refractivity contribution in [2.45, 2.75) is 13.0 Å². The lowest BCUT2D eigenvalue weighted by Crippen LogP contribution is -2.26. The number of rotatable bonds is 6. The molecular weight excluding hydrogens is 318 g/mol. The van der Waals surface area contributed by atoms with E-state index in [1.54, 1.807) is 35.1 Å². The number of carbonyl (C=O) groups excluding carboxylic acids is 2. The summed E-state index contributed by atoms with van der Waals surface area (Å²) >= 11 is 0. The molecule has 7 heteroatoms. The third-order valence-corrected chi connectivity index (χ3v) is 3.70. The molecule has 1 atom stereocenters. The van der Waals surface area contributed by atoms with E-state index in [4.69, 9.17) is 0 Å². The molecule has 0 aliphatic heterocycles. The quantitative estimate of drug-likeness (QED) is 0.677. The van der Waals surface area contributed by atoms with Crippen LogP contribution >= 0.6 is 0 Å². The molecule has 1 aromatic heterocycles. The van der Waals surface area contributed by atoms with E-state index in [1.165, 1.54) is 0 Å². The highest BCUT2D eigenvalue weighted by molar-refractivity contribution is 5.94. The predicted octanol–water partition coefficient (Wildman–Crippen LogP) is 2.33. The van der Waals surface area contributed by atoms with Crippen LogP contribution in [0.3, 0.4) is 0 Å². The molecule has 2 N–H and O–H groups in total. The number of hydrogen-bond donors (Lipinski definition) is 2. The van der Waals surface area contributed by atoms with Crippen LogP contribution in [0.2, 0.25) is 0 Å². The maximum atomic E-state index is 12.3. The van der Waals surface area contributed by atoms with Gasteiger partial charge in [0.1, 0.15) is 5.69 Å². The van der Waals surface area contributed by atoms with E-state index in [0.29, 0.717) is 23.4 Å². The van der Waals surface area contributed by atoms with E-state index in [2.05, 4.69) is 20.9 Å². The van der Waals surface area contributed by atoms with E-state index in [-0.39, 0.29) is 11.9 Å². The van der Waals surface area contributed by atoms with Gasteiger partial charge in [0, 0.05) is 11.3 Å². The topological polar surface area (TPSA) is 88.9 Å². The van der Waals surface area contributed by atoms with Crippen LogP contribution in [0, 0.1) is 0 Å². The number of carbonyl (C=O) groups is 2. The van der Waals surface area contributed by atoms with Gasteiger partial charge >= 0.3 is 0 Å². The Labute approximate surface area is 144 Å². The van der Waals surface area contributed by atoms with Gasteiger partial charge in [-0.05, 0) is 43.3 Å². The third-order valence-electron chi connectivity index (χ3n) is 3.70. The molecule has 7 nitrogen and oxygen atoms in total. The van der Waals surface area contributed by atoms with Crippen molar-refractivity contribution in [2.75, 3.05) is 5.32 Å². The number of aromatic nitrogens is 3. The van der Waals surface area contributed by atoms with Crippen LogP contribution in [-0.4, -0.2) is 27.3 Å². The number of benzene rings is 2. The number of hydrogen-bond acceptors (Lipinski definition) is 4. The Hall–Kier alpha value is -3.48. The third kappa shape index (κ3) is 3.89. The van der Waals surface area contributed by atoms with Crippen molar-refractivity contribution in [3.63, 3.8) is 0 Å². The summed E-state index contributed by atoms with van der Waals surface area (Å²) in [6, 6.07) is 16.0. The van der Waals surface area contributed by atoms with E-state index in [9.17, 15) is 9.59 Å². The lowest BCUT2D eigenvalue weighted by Gasteiger charge is -2.11. The molecule has 3 aromatic rings. The van der Waals surface area contributed by atoms with Gasteiger partial charge in [0.05, 0.1) is 17.9 Å². The molecular formula is C18H17N5O2. The fourth-order valence-electron chi connectivity index (χ4n) is 2.32. The maximum absolute atomic E-state index is 12.3. The van der Waals surface area contributed by atoms with Gasteiger partial charge in [-0.2, -0.15) is 0 Å². The first-order chi connectivity index (χ1) is 12.2. The number of nitrogens with zero attached hydrogens (tertiary/aromatic N) is 3. The second-order valence-electron chi connectivity index (χ2n) is 5.46. The van der Waals surface area contributed by atoms with E-state index >= 15 is 0 Å². The van der Waals surface area contributed by atoms with Crippen molar-refractivity contribution in [1.29, 1.82) is 0 Å². The van der Waals surface area contributed by atoms with E-state index in [1.807, 2.05) is 37.3 Å². The highest BCUT2D eigenvalue weighted by Gasteiger charge is 2.15. The Morgan fingerprint density at radius 3 is 2.52 bits per heavy atom. The molecule has 1 heterocycles. The van der Waals surface area contributed by atoms with Crippen LogP contribution in [0.5, 0.6) is 0 Å². The van der Waals surface area contributed by atoms with Crippen LogP contribution < -0.4 is 10.6 Å². The Morgan fingerprint density at radius 2 is 1.84 bits per heavy atom. The van der Waals surface area contributed by atoms with Crippen molar-refractivity contribution in [3.05, 3.63) is 72.1 Å². The first-order valence-corrected chi connectivity index (χ1v) is 7.76. The molecule has 3 rings (SSSR count). The van der Waals surface area contributed by atoms with Gasteiger partial charge in [-0.1, -0.05) is 23.4 Å². The molecule has 0 aliphatic carbocycles. The highest BCUT2D eigenvalue weighted by Crippen LogP contribution is 2.14. The van der Waals surface area contributed by atoms with Crippen molar-refractivity contribution in [3.8, 4) is 5.69 Å². The average Bonchev–Trinajstić information content (AvgIpc) is 3.13. The molecule has 0 bridgehead atoms. The Balaban J connectivity index is 1.67. The van der Waals surface area contributed by atoms with Crippen LogP contribution in [0.4, 0.5) is 5.69 Å². The standard InChI is InChI=1S/C18H17N5O2/c1-13(17-11-23(22-21-17)16-5-3-2-4-6-16)20-18(25)14-7-9-15(10-8-14)19-12-24/h2-13H,1H3,(H,19,24)(H,20,25)/t13-/m0/s1. The summed E-state index contributed by atoms with van der Waals surface area (Å²) < 4.78 is 1.66.